The lowest BCUT2D eigenvalue weighted by Crippen LogP contribution is -2.21. The fourth-order valence-electron chi connectivity index (χ4n) is 1.97. The summed E-state index contributed by atoms with van der Waals surface area (Å²) in [5.41, 5.74) is 1.65. The Morgan fingerprint density at radius 3 is 2.67 bits per heavy atom. The second-order valence-corrected chi connectivity index (χ2v) is 7.83. The lowest BCUT2D eigenvalue weighted by atomic mass is 10.0. The van der Waals surface area contributed by atoms with E-state index in [2.05, 4.69) is 0 Å². The average Bonchev–Trinajstić information content (AvgIpc) is 2.72. The maximum Gasteiger partial charge on any atom is 0.151 e. The highest BCUT2D eigenvalue weighted by Crippen LogP contribution is 2.41. The van der Waals surface area contributed by atoms with Crippen LogP contribution in [0.5, 0.6) is 5.75 Å². The van der Waals surface area contributed by atoms with Gasteiger partial charge >= 0.3 is 0 Å². The molecule has 1 heterocycles. The minimum atomic E-state index is -3.21. The highest BCUT2D eigenvalue weighted by molar-refractivity contribution is 7.91. The largest absolute Gasteiger partial charge is 0.493 e. The summed E-state index contributed by atoms with van der Waals surface area (Å²) in [5, 5.41) is -0.794. The van der Waals surface area contributed by atoms with Crippen LogP contribution in [0, 0.1) is 0 Å². The van der Waals surface area contributed by atoms with Crippen molar-refractivity contribution < 1.29 is 13.2 Å². The Balaban J connectivity index is 2.46. The molecule has 3 nitrogen and oxygen atoms in total. The van der Waals surface area contributed by atoms with E-state index in [0.29, 0.717) is 22.9 Å². The van der Waals surface area contributed by atoms with Crippen molar-refractivity contribution in [2.24, 2.45) is 0 Å². The van der Waals surface area contributed by atoms with Gasteiger partial charge < -0.3 is 4.74 Å². The lowest BCUT2D eigenvalue weighted by Gasteiger charge is -2.19. The molecule has 0 fully saturated rings. The maximum absolute atomic E-state index is 11.6. The maximum atomic E-state index is 11.6. The molecular weight excluding hydrogens is 295 g/mol. The predicted octanol–water partition coefficient (Wildman–Crippen LogP) is 2.99. The molecule has 1 aromatic carbocycles. The Labute approximate surface area is 117 Å². The first-order valence-corrected chi connectivity index (χ1v) is 8.35. The smallest absolute Gasteiger partial charge is 0.151 e. The molecule has 100 valence electrons. The molecule has 2 rings (SSSR count). The van der Waals surface area contributed by atoms with Crippen LogP contribution in [0.1, 0.15) is 23.4 Å². The van der Waals surface area contributed by atoms with E-state index in [-0.39, 0.29) is 0 Å². The zero-order valence-electron chi connectivity index (χ0n) is 10.1. The van der Waals surface area contributed by atoms with Crippen LogP contribution in [0.3, 0.4) is 0 Å². The molecule has 0 N–H and O–H groups in total. The minimum absolute atomic E-state index is 0.556. The zero-order valence-corrected chi connectivity index (χ0v) is 12.4. The summed E-state index contributed by atoms with van der Waals surface area (Å²) in [6, 6.07) is 3.52. The number of halogens is 2. The SMILES string of the molecule is CC(C(Cl)c1cc(Cl)cc2c1OCC2)S(C)(=O)=O. The molecule has 0 aromatic heterocycles. The third-order valence-corrected chi connectivity index (χ3v) is 5.77. The van der Waals surface area contributed by atoms with E-state index in [0.717, 1.165) is 12.0 Å². The van der Waals surface area contributed by atoms with Gasteiger partial charge in [-0.1, -0.05) is 11.6 Å². The van der Waals surface area contributed by atoms with E-state index in [1.807, 2.05) is 6.07 Å². The monoisotopic (exact) mass is 308 g/mol. The summed E-state index contributed by atoms with van der Waals surface area (Å²) in [4.78, 5) is 0. The average molecular weight is 309 g/mol. The summed E-state index contributed by atoms with van der Waals surface area (Å²) in [5.74, 6) is 0.690. The van der Waals surface area contributed by atoms with E-state index < -0.39 is 20.5 Å². The van der Waals surface area contributed by atoms with Gasteiger partial charge in [-0.3, -0.25) is 0 Å². The first-order chi connectivity index (χ1) is 8.30. The molecule has 1 aliphatic rings. The zero-order chi connectivity index (χ0) is 13.5. The van der Waals surface area contributed by atoms with Gasteiger partial charge in [-0.15, -0.1) is 11.6 Å². The molecule has 0 saturated heterocycles. The quantitative estimate of drug-likeness (QED) is 0.806. The van der Waals surface area contributed by atoms with Crippen molar-refractivity contribution >= 4 is 33.0 Å². The van der Waals surface area contributed by atoms with Gasteiger partial charge in [0.15, 0.2) is 9.84 Å². The summed E-state index contributed by atoms with van der Waals surface area (Å²) < 4.78 is 28.7. The first-order valence-electron chi connectivity index (χ1n) is 5.58. The van der Waals surface area contributed by atoms with E-state index in [4.69, 9.17) is 27.9 Å². The number of benzene rings is 1. The second-order valence-electron chi connectivity index (χ2n) is 4.52. The fourth-order valence-corrected chi connectivity index (χ4v) is 3.53. The van der Waals surface area contributed by atoms with E-state index in [1.54, 1.807) is 13.0 Å². The number of sulfone groups is 1. The Morgan fingerprint density at radius 2 is 2.06 bits per heavy atom. The van der Waals surface area contributed by atoms with Gasteiger partial charge in [-0.05, 0) is 24.6 Å². The molecular formula is C12H14Cl2O3S. The third-order valence-electron chi connectivity index (χ3n) is 3.16. The van der Waals surface area contributed by atoms with Crippen molar-refractivity contribution in [2.75, 3.05) is 12.9 Å². The van der Waals surface area contributed by atoms with Crippen LogP contribution >= 0.6 is 23.2 Å². The van der Waals surface area contributed by atoms with Crippen LogP contribution in [0.4, 0.5) is 0 Å². The third kappa shape index (κ3) is 2.60. The van der Waals surface area contributed by atoms with Crippen molar-refractivity contribution in [2.45, 2.75) is 24.0 Å². The van der Waals surface area contributed by atoms with Gasteiger partial charge in [-0.2, -0.15) is 0 Å². The van der Waals surface area contributed by atoms with Crippen LogP contribution in [-0.4, -0.2) is 26.5 Å². The number of alkyl halides is 1. The molecule has 0 saturated carbocycles. The second kappa shape index (κ2) is 4.91. The van der Waals surface area contributed by atoms with Crippen molar-refractivity contribution in [1.29, 1.82) is 0 Å². The molecule has 0 aliphatic carbocycles. The van der Waals surface area contributed by atoms with Crippen LogP contribution in [0.25, 0.3) is 0 Å². The Bertz CT molecular complexity index is 569. The predicted molar refractivity (Wildman–Crippen MR) is 73.6 cm³/mol. The van der Waals surface area contributed by atoms with Crippen molar-refractivity contribution in [3.63, 3.8) is 0 Å². The molecule has 0 amide bonds. The number of fused-ring (bicyclic) bond motifs is 1. The normalized spacial score (nSPS) is 18.0. The Morgan fingerprint density at radius 1 is 1.39 bits per heavy atom. The molecule has 0 radical (unpaired) electrons. The highest BCUT2D eigenvalue weighted by Gasteiger charge is 2.30. The number of ether oxygens (including phenoxy) is 1. The van der Waals surface area contributed by atoms with Crippen molar-refractivity contribution in [1.82, 2.24) is 0 Å². The molecule has 18 heavy (non-hydrogen) atoms. The molecule has 1 aromatic rings. The molecule has 1 aliphatic heterocycles. The minimum Gasteiger partial charge on any atom is -0.493 e. The molecule has 6 heteroatoms. The van der Waals surface area contributed by atoms with E-state index in [1.165, 1.54) is 6.26 Å². The summed E-state index contributed by atoms with van der Waals surface area (Å²) in [7, 11) is -3.21. The highest BCUT2D eigenvalue weighted by atomic mass is 35.5. The van der Waals surface area contributed by atoms with Gasteiger partial charge in [0, 0.05) is 23.3 Å². The van der Waals surface area contributed by atoms with Gasteiger partial charge in [0.05, 0.1) is 17.2 Å². The number of hydrogen-bond acceptors (Lipinski definition) is 3. The molecule has 2 unspecified atom stereocenters. The van der Waals surface area contributed by atoms with Gasteiger partial charge in [0.1, 0.15) is 5.75 Å². The molecule has 0 bridgehead atoms. The molecule has 0 spiro atoms. The summed E-state index contributed by atoms with van der Waals surface area (Å²) in [6.07, 6.45) is 1.96. The van der Waals surface area contributed by atoms with Gasteiger partial charge in [0.25, 0.3) is 0 Å². The summed E-state index contributed by atoms with van der Waals surface area (Å²) in [6.45, 7) is 2.18. The summed E-state index contributed by atoms with van der Waals surface area (Å²) >= 11 is 12.3. The Hall–Kier alpha value is -0.450. The van der Waals surface area contributed by atoms with Crippen LogP contribution in [-0.2, 0) is 16.3 Å². The van der Waals surface area contributed by atoms with Gasteiger partial charge in [-0.25, -0.2) is 8.42 Å². The number of hydrogen-bond donors (Lipinski definition) is 0. The molecule has 2 atom stereocenters. The van der Waals surface area contributed by atoms with Crippen molar-refractivity contribution in [3.05, 3.63) is 28.3 Å². The van der Waals surface area contributed by atoms with Crippen LogP contribution < -0.4 is 4.74 Å². The van der Waals surface area contributed by atoms with E-state index in [9.17, 15) is 8.42 Å². The lowest BCUT2D eigenvalue weighted by molar-refractivity contribution is 0.353. The first kappa shape index (κ1) is 14.0. The van der Waals surface area contributed by atoms with E-state index >= 15 is 0 Å². The van der Waals surface area contributed by atoms with Crippen LogP contribution in [0.15, 0.2) is 12.1 Å². The van der Waals surface area contributed by atoms with Crippen molar-refractivity contribution in [3.8, 4) is 5.75 Å². The Kier molecular flexibility index (Phi) is 3.81. The number of rotatable bonds is 3. The standard InChI is InChI=1S/C12H14Cl2O3S/c1-7(18(2,15)16)11(14)10-6-9(13)5-8-3-4-17-12(8)10/h5-7,11H,3-4H2,1-2H3. The fraction of sp³-hybridized carbons (Fsp3) is 0.500. The topological polar surface area (TPSA) is 43.4 Å². The van der Waals surface area contributed by atoms with Gasteiger partial charge in [0.2, 0.25) is 0 Å². The van der Waals surface area contributed by atoms with Crippen LogP contribution in [0.2, 0.25) is 5.02 Å².